The average molecular weight is 450 g/mol. The van der Waals surface area contributed by atoms with E-state index in [0.717, 1.165) is 56.5 Å². The standard InChI is InChI=1S/C23H31N9O/c1-22(2)17-13-18(28-27-17)25-19-16-8-5-12-31(16)29-21(26-19)30-11-6-9-23(30,3)20(33)32(22)15-7-4-10-24-14-15/h5,8,12-13,15,24H,4,6-7,9-11,14H2,1-3H3,(H2,25,26,27,28,29)/t15?,23-/m0/s1. The fraction of sp³-hybridized carbons (Fsp3) is 0.565. The fourth-order valence-corrected chi connectivity index (χ4v) is 5.78. The molecule has 3 aliphatic rings. The van der Waals surface area contributed by atoms with E-state index in [2.05, 4.69) is 51.4 Å². The number of fused-ring (bicyclic) bond motifs is 8. The number of carbonyl (C=O) groups is 1. The van der Waals surface area contributed by atoms with Crippen molar-refractivity contribution < 1.29 is 4.79 Å². The zero-order valence-corrected chi connectivity index (χ0v) is 19.4. The fourth-order valence-electron chi connectivity index (χ4n) is 5.78. The molecule has 6 rings (SSSR count). The van der Waals surface area contributed by atoms with Gasteiger partial charge in [-0.05, 0) is 65.1 Å². The molecule has 3 aliphatic heterocycles. The van der Waals surface area contributed by atoms with Crippen molar-refractivity contribution in [1.82, 2.24) is 35.0 Å². The molecule has 0 aromatic carbocycles. The average Bonchev–Trinajstić information content (AvgIpc) is 3.54. The summed E-state index contributed by atoms with van der Waals surface area (Å²) in [6, 6.07) is 6.02. The summed E-state index contributed by atoms with van der Waals surface area (Å²) in [5.41, 5.74) is 0.470. The first kappa shape index (κ1) is 20.5. The van der Waals surface area contributed by atoms with Gasteiger partial charge in [0.05, 0.1) is 11.2 Å². The number of nitrogens with one attached hydrogen (secondary N) is 3. The minimum absolute atomic E-state index is 0.103. The predicted octanol–water partition coefficient (Wildman–Crippen LogP) is 2.38. The summed E-state index contributed by atoms with van der Waals surface area (Å²) in [5.74, 6) is 2.03. The number of amides is 1. The van der Waals surface area contributed by atoms with Gasteiger partial charge in [-0.2, -0.15) is 10.1 Å². The number of hydrogen-bond acceptors (Lipinski definition) is 7. The van der Waals surface area contributed by atoms with Crippen LogP contribution in [0.2, 0.25) is 0 Å². The van der Waals surface area contributed by atoms with Crippen molar-refractivity contribution >= 4 is 29.0 Å². The van der Waals surface area contributed by atoms with Crippen molar-refractivity contribution in [3.05, 3.63) is 30.1 Å². The van der Waals surface area contributed by atoms with E-state index in [9.17, 15) is 4.79 Å². The lowest BCUT2D eigenvalue weighted by Gasteiger charge is -2.49. The molecule has 4 bridgehead atoms. The van der Waals surface area contributed by atoms with E-state index in [1.165, 1.54) is 0 Å². The summed E-state index contributed by atoms with van der Waals surface area (Å²) < 4.78 is 1.82. The van der Waals surface area contributed by atoms with E-state index in [4.69, 9.17) is 10.1 Å². The van der Waals surface area contributed by atoms with Crippen molar-refractivity contribution in [1.29, 1.82) is 0 Å². The number of H-pyrrole nitrogens is 1. The molecule has 10 nitrogen and oxygen atoms in total. The lowest BCUT2D eigenvalue weighted by Crippen LogP contribution is -2.64. The highest BCUT2D eigenvalue weighted by molar-refractivity contribution is 5.91. The number of anilines is 3. The van der Waals surface area contributed by atoms with Crippen molar-refractivity contribution in [2.24, 2.45) is 0 Å². The number of nitrogens with zero attached hydrogens (tertiary/aromatic N) is 6. The van der Waals surface area contributed by atoms with Crippen LogP contribution in [0.5, 0.6) is 0 Å². The van der Waals surface area contributed by atoms with E-state index < -0.39 is 11.1 Å². The minimum Gasteiger partial charge on any atom is -0.326 e. The first-order valence-electron chi connectivity index (χ1n) is 11.9. The van der Waals surface area contributed by atoms with Gasteiger partial charge in [-0.3, -0.25) is 9.89 Å². The Morgan fingerprint density at radius 1 is 1.21 bits per heavy atom. The van der Waals surface area contributed by atoms with Gasteiger partial charge in [0, 0.05) is 31.4 Å². The second kappa shape index (κ2) is 7.18. The summed E-state index contributed by atoms with van der Waals surface area (Å²) in [6.45, 7) is 8.82. The highest BCUT2D eigenvalue weighted by atomic mass is 16.2. The number of piperidine rings is 1. The molecule has 0 aliphatic carbocycles. The van der Waals surface area contributed by atoms with Gasteiger partial charge in [-0.15, -0.1) is 5.10 Å². The molecule has 3 aromatic rings. The molecule has 1 amide bonds. The Morgan fingerprint density at radius 2 is 2.09 bits per heavy atom. The summed E-state index contributed by atoms with van der Waals surface area (Å²) in [7, 11) is 0. The van der Waals surface area contributed by atoms with E-state index in [1.807, 2.05) is 28.9 Å². The number of carbonyl (C=O) groups excluding carboxylic acids is 1. The highest BCUT2D eigenvalue weighted by Gasteiger charge is 2.52. The summed E-state index contributed by atoms with van der Waals surface area (Å²) in [5, 5.41) is 19.4. The van der Waals surface area contributed by atoms with E-state index in [1.54, 1.807) is 0 Å². The Morgan fingerprint density at radius 3 is 2.91 bits per heavy atom. The maximum Gasteiger partial charge on any atom is 0.249 e. The SMILES string of the molecule is CC1(C)c2cc(n[nH]2)Nc2nc(nn3cccc23)N2CCC[C@@]2(C)C(=O)N1C1CCCNC1. The molecule has 0 radical (unpaired) electrons. The normalized spacial score (nSPS) is 27.1. The number of aromatic nitrogens is 5. The van der Waals surface area contributed by atoms with Gasteiger partial charge in [0.2, 0.25) is 11.9 Å². The first-order chi connectivity index (χ1) is 15.9. The molecule has 0 saturated carbocycles. The maximum atomic E-state index is 14.5. The number of rotatable bonds is 1. The van der Waals surface area contributed by atoms with Crippen molar-refractivity contribution in [2.75, 3.05) is 29.9 Å². The van der Waals surface area contributed by atoms with Crippen molar-refractivity contribution in [2.45, 2.75) is 63.6 Å². The van der Waals surface area contributed by atoms with Crippen LogP contribution >= 0.6 is 0 Å². The van der Waals surface area contributed by atoms with Gasteiger partial charge >= 0.3 is 0 Å². The van der Waals surface area contributed by atoms with Gasteiger partial charge in [0.1, 0.15) is 11.1 Å². The zero-order valence-electron chi connectivity index (χ0n) is 19.4. The summed E-state index contributed by atoms with van der Waals surface area (Å²) in [4.78, 5) is 23.6. The molecular weight excluding hydrogens is 418 g/mol. The zero-order chi connectivity index (χ0) is 22.8. The van der Waals surface area contributed by atoms with E-state index in [0.29, 0.717) is 17.6 Å². The van der Waals surface area contributed by atoms with Gasteiger partial charge in [-0.1, -0.05) is 0 Å². The van der Waals surface area contributed by atoms with Crippen molar-refractivity contribution in [3.63, 3.8) is 0 Å². The van der Waals surface area contributed by atoms with Gasteiger partial charge in [0.15, 0.2) is 11.6 Å². The molecule has 2 fully saturated rings. The molecule has 2 saturated heterocycles. The molecule has 2 atom stereocenters. The smallest absolute Gasteiger partial charge is 0.249 e. The van der Waals surface area contributed by atoms with Crippen LogP contribution in [0.3, 0.4) is 0 Å². The van der Waals surface area contributed by atoms with E-state index >= 15 is 0 Å². The lowest BCUT2D eigenvalue weighted by atomic mass is 9.87. The number of hydrogen-bond donors (Lipinski definition) is 3. The Hall–Kier alpha value is -3.14. The van der Waals surface area contributed by atoms with Crippen LogP contribution in [-0.4, -0.2) is 66.8 Å². The third-order valence-corrected chi connectivity index (χ3v) is 7.66. The quantitative estimate of drug-likeness (QED) is 0.524. The Bertz CT molecular complexity index is 1210. The van der Waals surface area contributed by atoms with Crippen LogP contribution in [0.25, 0.3) is 5.52 Å². The third kappa shape index (κ3) is 3.03. The topological polar surface area (TPSA) is 106 Å². The van der Waals surface area contributed by atoms with Gasteiger partial charge in [-0.25, -0.2) is 4.52 Å². The molecule has 33 heavy (non-hydrogen) atoms. The van der Waals surface area contributed by atoms with Crippen LogP contribution in [0.4, 0.5) is 17.6 Å². The summed E-state index contributed by atoms with van der Waals surface area (Å²) in [6.07, 6.45) is 5.63. The Labute approximate surface area is 192 Å². The Kier molecular flexibility index (Phi) is 4.45. The highest BCUT2D eigenvalue weighted by Crippen LogP contribution is 2.41. The molecule has 0 spiro atoms. The lowest BCUT2D eigenvalue weighted by molar-refractivity contribution is -0.146. The number of aromatic amines is 1. The van der Waals surface area contributed by atoms with Crippen LogP contribution < -0.4 is 15.5 Å². The third-order valence-electron chi connectivity index (χ3n) is 7.66. The largest absolute Gasteiger partial charge is 0.326 e. The maximum absolute atomic E-state index is 14.5. The Balaban J connectivity index is 1.57. The second-order valence-electron chi connectivity index (χ2n) is 10.2. The predicted molar refractivity (Wildman–Crippen MR) is 126 cm³/mol. The molecule has 1 unspecified atom stereocenters. The van der Waals surface area contributed by atoms with Crippen molar-refractivity contribution in [3.8, 4) is 0 Å². The molecule has 3 aromatic heterocycles. The van der Waals surface area contributed by atoms with Crippen LogP contribution in [-0.2, 0) is 10.3 Å². The molecular formula is C23H31N9O. The molecule has 10 heteroatoms. The second-order valence-corrected chi connectivity index (χ2v) is 10.2. The van der Waals surface area contributed by atoms with Gasteiger partial charge < -0.3 is 20.4 Å². The van der Waals surface area contributed by atoms with Crippen LogP contribution in [0, 0.1) is 0 Å². The summed E-state index contributed by atoms with van der Waals surface area (Å²) >= 11 is 0. The van der Waals surface area contributed by atoms with Crippen LogP contribution in [0.15, 0.2) is 24.4 Å². The monoisotopic (exact) mass is 449 g/mol. The minimum atomic E-state index is -0.727. The molecule has 174 valence electrons. The molecule has 3 N–H and O–H groups in total. The molecule has 6 heterocycles. The van der Waals surface area contributed by atoms with Gasteiger partial charge in [0.25, 0.3) is 0 Å². The van der Waals surface area contributed by atoms with Crippen LogP contribution in [0.1, 0.15) is 52.1 Å². The van der Waals surface area contributed by atoms with E-state index in [-0.39, 0.29) is 11.9 Å². The first-order valence-corrected chi connectivity index (χ1v) is 11.9.